The minimum Gasteiger partial charge on any atom is -0.497 e. The molecule has 1 aliphatic carbocycles. The maximum Gasteiger partial charge on any atom is 0.246 e. The molecule has 8 nitrogen and oxygen atoms in total. The largest absolute Gasteiger partial charge is 0.497 e. The number of nitrogens with zero attached hydrogens (tertiary/aromatic N) is 5. The van der Waals surface area contributed by atoms with Crippen molar-refractivity contribution in [3.05, 3.63) is 47.3 Å². The van der Waals surface area contributed by atoms with Crippen molar-refractivity contribution < 1.29 is 14.3 Å². The van der Waals surface area contributed by atoms with Gasteiger partial charge in [-0.1, -0.05) is 6.42 Å². The Bertz CT molecular complexity index is 1080. The second-order valence-electron chi connectivity index (χ2n) is 9.52. The summed E-state index contributed by atoms with van der Waals surface area (Å²) in [6, 6.07) is 6.35. The van der Waals surface area contributed by atoms with Crippen LogP contribution in [0.25, 0.3) is 6.08 Å². The number of piperazine rings is 1. The zero-order valence-electron chi connectivity index (χ0n) is 20.8. The van der Waals surface area contributed by atoms with Crippen molar-refractivity contribution in [1.82, 2.24) is 19.8 Å². The molecule has 3 aliphatic rings. The summed E-state index contributed by atoms with van der Waals surface area (Å²) in [5.74, 6) is 2.25. The Morgan fingerprint density at radius 2 is 1.83 bits per heavy atom. The monoisotopic (exact) mass is 477 g/mol. The van der Waals surface area contributed by atoms with Crippen molar-refractivity contribution >= 4 is 17.9 Å². The number of fused-ring (bicyclic) bond motifs is 1. The Balaban J connectivity index is 1.20. The molecule has 0 atom stereocenters. The first-order chi connectivity index (χ1) is 17.1. The van der Waals surface area contributed by atoms with Crippen LogP contribution < -0.4 is 14.4 Å². The van der Waals surface area contributed by atoms with E-state index < -0.39 is 0 Å². The maximum absolute atomic E-state index is 13.0. The quantitative estimate of drug-likeness (QED) is 0.593. The van der Waals surface area contributed by atoms with Gasteiger partial charge in [-0.05, 0) is 49.1 Å². The molecule has 2 aliphatic heterocycles. The number of rotatable bonds is 6. The Morgan fingerprint density at radius 3 is 2.54 bits per heavy atom. The number of anilines is 1. The van der Waals surface area contributed by atoms with Gasteiger partial charge < -0.3 is 19.3 Å². The summed E-state index contributed by atoms with van der Waals surface area (Å²) in [6.45, 7) is 5.47. The van der Waals surface area contributed by atoms with Crippen LogP contribution in [-0.4, -0.2) is 85.2 Å². The lowest BCUT2D eigenvalue weighted by molar-refractivity contribution is -0.125. The molecule has 3 heterocycles. The molecule has 5 rings (SSSR count). The Morgan fingerprint density at radius 1 is 1.03 bits per heavy atom. The van der Waals surface area contributed by atoms with Gasteiger partial charge in [-0.3, -0.25) is 9.69 Å². The summed E-state index contributed by atoms with van der Waals surface area (Å²) in [7, 11) is 3.25. The molecule has 0 bridgehead atoms. The topological polar surface area (TPSA) is 71.0 Å². The van der Waals surface area contributed by atoms with Crippen molar-refractivity contribution in [2.45, 2.75) is 38.1 Å². The third-order valence-electron chi connectivity index (χ3n) is 7.55. The van der Waals surface area contributed by atoms with Gasteiger partial charge in [0, 0.05) is 69.6 Å². The molecule has 35 heavy (non-hydrogen) atoms. The molecule has 1 aromatic heterocycles. The van der Waals surface area contributed by atoms with E-state index in [2.05, 4.69) is 9.80 Å². The highest BCUT2D eigenvalue weighted by atomic mass is 16.5. The van der Waals surface area contributed by atoms with Crippen LogP contribution in [0, 0.1) is 0 Å². The fraction of sp³-hybridized carbons (Fsp3) is 0.519. The molecule has 2 aromatic rings. The fourth-order valence-electron chi connectivity index (χ4n) is 5.11. The number of hydrogen-bond donors (Lipinski definition) is 0. The predicted molar refractivity (Wildman–Crippen MR) is 136 cm³/mol. The van der Waals surface area contributed by atoms with Gasteiger partial charge in [0.2, 0.25) is 11.9 Å². The van der Waals surface area contributed by atoms with E-state index in [-0.39, 0.29) is 5.91 Å². The van der Waals surface area contributed by atoms with Gasteiger partial charge >= 0.3 is 0 Å². The second kappa shape index (κ2) is 10.6. The van der Waals surface area contributed by atoms with Gasteiger partial charge in [-0.2, -0.15) is 0 Å². The first-order valence-electron chi connectivity index (χ1n) is 12.7. The minimum atomic E-state index is -0.0111. The Labute approximate surface area is 207 Å². The molecule has 0 radical (unpaired) electrons. The Kier molecular flexibility index (Phi) is 7.18. The van der Waals surface area contributed by atoms with E-state index in [9.17, 15) is 4.79 Å². The summed E-state index contributed by atoms with van der Waals surface area (Å²) in [6.07, 6.45) is 11.0. The number of ether oxygens (including phenoxy) is 2. The second-order valence-corrected chi connectivity index (χ2v) is 9.52. The summed E-state index contributed by atoms with van der Waals surface area (Å²) >= 11 is 0. The molecular formula is C27H35N5O3. The maximum atomic E-state index is 13.0. The lowest BCUT2D eigenvalue weighted by Crippen LogP contribution is -2.52. The highest BCUT2D eigenvalue weighted by Gasteiger charge is 2.29. The van der Waals surface area contributed by atoms with E-state index in [0.717, 1.165) is 73.6 Å². The third-order valence-corrected chi connectivity index (χ3v) is 7.55. The lowest BCUT2D eigenvalue weighted by Gasteiger charge is -2.43. The third kappa shape index (κ3) is 5.27. The van der Waals surface area contributed by atoms with Crippen LogP contribution in [0.3, 0.4) is 0 Å². The average molecular weight is 478 g/mol. The minimum absolute atomic E-state index is 0.0111. The summed E-state index contributed by atoms with van der Waals surface area (Å²) in [4.78, 5) is 29.4. The van der Waals surface area contributed by atoms with Gasteiger partial charge in [0.25, 0.3) is 0 Å². The SMILES string of the molecule is COc1ccc(OC)c(C=CC(=O)N2CCc3cnc(N4CCN(C5CCC5)CC4)nc3CC2)c1. The molecule has 8 heteroatoms. The van der Waals surface area contributed by atoms with Crippen molar-refractivity contribution in [2.24, 2.45) is 0 Å². The summed E-state index contributed by atoms with van der Waals surface area (Å²) in [5.41, 5.74) is 3.03. The number of amides is 1. The highest BCUT2D eigenvalue weighted by molar-refractivity contribution is 5.92. The van der Waals surface area contributed by atoms with Crippen LogP contribution in [0.1, 0.15) is 36.1 Å². The number of carbonyl (C=O) groups is 1. The standard InChI is InChI=1S/C27H35N5O3/c1-34-23-7-8-25(35-2)20(18-23)6-9-26(33)31-12-10-21-19-28-27(29-24(21)11-13-31)32-16-14-30(15-17-32)22-4-3-5-22/h6-9,18-19,22H,3-5,10-17H2,1-2H3. The first-order valence-corrected chi connectivity index (χ1v) is 12.7. The van der Waals surface area contributed by atoms with Gasteiger partial charge in [-0.25, -0.2) is 9.97 Å². The van der Waals surface area contributed by atoms with Crippen LogP contribution >= 0.6 is 0 Å². The van der Waals surface area contributed by atoms with Crippen molar-refractivity contribution in [2.75, 3.05) is 58.4 Å². The van der Waals surface area contributed by atoms with Crippen LogP contribution in [-0.2, 0) is 17.6 Å². The van der Waals surface area contributed by atoms with Crippen molar-refractivity contribution in [1.29, 1.82) is 0 Å². The van der Waals surface area contributed by atoms with Crippen LogP contribution in [0.4, 0.5) is 5.95 Å². The molecule has 0 unspecified atom stereocenters. The van der Waals surface area contributed by atoms with E-state index in [1.165, 1.54) is 19.3 Å². The summed E-state index contributed by atoms with van der Waals surface area (Å²) in [5, 5.41) is 0. The fourth-order valence-corrected chi connectivity index (χ4v) is 5.11. The van der Waals surface area contributed by atoms with Gasteiger partial charge in [-0.15, -0.1) is 0 Å². The molecule has 186 valence electrons. The van der Waals surface area contributed by atoms with Gasteiger partial charge in [0.15, 0.2) is 0 Å². The number of hydrogen-bond acceptors (Lipinski definition) is 7. The molecule has 1 saturated carbocycles. The van der Waals surface area contributed by atoms with E-state index in [1.807, 2.05) is 29.3 Å². The van der Waals surface area contributed by atoms with Gasteiger partial charge in [0.05, 0.1) is 19.9 Å². The molecule has 0 N–H and O–H groups in total. The molecule has 1 saturated heterocycles. The molecule has 0 spiro atoms. The Hall–Kier alpha value is -3.13. The number of methoxy groups -OCH3 is 2. The molecule has 1 aromatic carbocycles. The van der Waals surface area contributed by atoms with Crippen molar-refractivity contribution in [3.63, 3.8) is 0 Å². The number of aromatic nitrogens is 2. The predicted octanol–water partition coefficient (Wildman–Crippen LogP) is 2.81. The van der Waals surface area contributed by atoms with Crippen molar-refractivity contribution in [3.8, 4) is 11.5 Å². The van der Waals surface area contributed by atoms with Crippen LogP contribution in [0.2, 0.25) is 0 Å². The molecular weight excluding hydrogens is 442 g/mol. The highest BCUT2D eigenvalue weighted by Crippen LogP contribution is 2.27. The lowest BCUT2D eigenvalue weighted by atomic mass is 9.91. The van der Waals surface area contributed by atoms with E-state index in [4.69, 9.17) is 19.4 Å². The average Bonchev–Trinajstić information content (AvgIpc) is 3.09. The van der Waals surface area contributed by atoms with E-state index in [1.54, 1.807) is 26.4 Å². The van der Waals surface area contributed by atoms with E-state index in [0.29, 0.717) is 18.8 Å². The first kappa shape index (κ1) is 23.6. The zero-order valence-corrected chi connectivity index (χ0v) is 20.8. The smallest absolute Gasteiger partial charge is 0.246 e. The van der Waals surface area contributed by atoms with Crippen LogP contribution in [0.5, 0.6) is 11.5 Å². The molecule has 2 fully saturated rings. The number of carbonyl (C=O) groups excluding carboxylic acids is 1. The number of benzene rings is 1. The van der Waals surface area contributed by atoms with Gasteiger partial charge in [0.1, 0.15) is 11.5 Å². The zero-order chi connectivity index (χ0) is 24.2. The summed E-state index contributed by atoms with van der Waals surface area (Å²) < 4.78 is 10.7. The van der Waals surface area contributed by atoms with E-state index >= 15 is 0 Å². The normalized spacial score (nSPS) is 19.3. The van der Waals surface area contributed by atoms with Crippen LogP contribution in [0.15, 0.2) is 30.5 Å². The molecule has 1 amide bonds.